The van der Waals surface area contributed by atoms with E-state index in [0.29, 0.717) is 6.42 Å². The summed E-state index contributed by atoms with van der Waals surface area (Å²) in [5, 5.41) is 4.48. The van der Waals surface area contributed by atoms with Crippen LogP contribution < -0.4 is 15.4 Å². The fourth-order valence-electron chi connectivity index (χ4n) is 1.57. The number of esters is 1. The molecule has 3 amide bonds. The van der Waals surface area contributed by atoms with Gasteiger partial charge in [-0.3, -0.25) is 10.1 Å². The molecule has 0 spiro atoms. The molecule has 0 aliphatic rings. The first-order valence-corrected chi connectivity index (χ1v) is 7.14. The third kappa shape index (κ3) is 6.59. The smallest absolute Gasteiger partial charge is 0.387 e. The molecule has 1 aromatic carbocycles. The normalized spacial score (nSPS) is 11.5. The minimum Gasteiger partial charge on any atom is -0.452 e. The Morgan fingerprint density at radius 3 is 2.50 bits per heavy atom. The van der Waals surface area contributed by atoms with Crippen molar-refractivity contribution in [3.05, 3.63) is 29.8 Å². The van der Waals surface area contributed by atoms with Crippen LogP contribution in [0.25, 0.3) is 0 Å². The van der Waals surface area contributed by atoms with Crippen LogP contribution in [0.4, 0.5) is 13.6 Å². The fourth-order valence-corrected chi connectivity index (χ4v) is 1.57. The highest BCUT2D eigenvalue weighted by Gasteiger charge is 2.18. The number of carbonyl (C=O) groups is 3. The Labute approximate surface area is 137 Å². The number of carbonyl (C=O) groups excluding carboxylic acids is 3. The predicted octanol–water partition coefficient (Wildman–Crippen LogP) is 2.07. The van der Waals surface area contributed by atoms with Gasteiger partial charge >= 0.3 is 18.6 Å². The second-order valence-electron chi connectivity index (χ2n) is 4.78. The first-order chi connectivity index (χ1) is 11.3. The number of ether oxygens (including phenoxy) is 2. The van der Waals surface area contributed by atoms with Gasteiger partial charge in [0.1, 0.15) is 11.3 Å². The maximum Gasteiger partial charge on any atom is 0.387 e. The maximum absolute atomic E-state index is 12.3. The summed E-state index contributed by atoms with van der Waals surface area (Å²) in [6.07, 6.45) is 0.678. The van der Waals surface area contributed by atoms with Gasteiger partial charge in [-0.15, -0.1) is 0 Å². The summed E-state index contributed by atoms with van der Waals surface area (Å²) in [6, 6.07) is 4.37. The van der Waals surface area contributed by atoms with Gasteiger partial charge in [-0.05, 0) is 25.5 Å². The largest absolute Gasteiger partial charge is 0.452 e. The zero-order chi connectivity index (χ0) is 18.1. The second kappa shape index (κ2) is 9.43. The molecule has 0 aliphatic heterocycles. The third-order valence-electron chi connectivity index (χ3n) is 2.90. The molecule has 0 unspecified atom stereocenters. The summed E-state index contributed by atoms with van der Waals surface area (Å²) in [5.41, 5.74) is -0.255. The van der Waals surface area contributed by atoms with Crippen LogP contribution in [0, 0.1) is 0 Å². The van der Waals surface area contributed by atoms with Crippen LogP contribution in [-0.4, -0.2) is 37.2 Å². The van der Waals surface area contributed by atoms with E-state index in [2.05, 4.69) is 14.8 Å². The molecular formula is C15H18F2N2O5. The average Bonchev–Trinajstić information content (AvgIpc) is 2.52. The van der Waals surface area contributed by atoms with Crippen molar-refractivity contribution in [3.8, 4) is 5.75 Å². The van der Waals surface area contributed by atoms with Gasteiger partial charge in [0.15, 0.2) is 6.61 Å². The maximum atomic E-state index is 12.3. The van der Waals surface area contributed by atoms with Gasteiger partial charge in [-0.2, -0.15) is 8.78 Å². The molecule has 0 heterocycles. The summed E-state index contributed by atoms with van der Waals surface area (Å²) in [7, 11) is 0. The first-order valence-electron chi connectivity index (χ1n) is 7.14. The lowest BCUT2D eigenvalue weighted by atomic mass is 10.2. The van der Waals surface area contributed by atoms with E-state index in [-0.39, 0.29) is 17.4 Å². The van der Waals surface area contributed by atoms with Crippen LogP contribution in [0.5, 0.6) is 5.75 Å². The van der Waals surface area contributed by atoms with Crippen molar-refractivity contribution < 1.29 is 32.6 Å². The molecule has 1 rings (SSSR count). The molecule has 0 fully saturated rings. The van der Waals surface area contributed by atoms with Crippen molar-refractivity contribution in [3.63, 3.8) is 0 Å². The molecule has 0 saturated heterocycles. The number of para-hydroxylation sites is 1. The highest BCUT2D eigenvalue weighted by Crippen LogP contribution is 2.20. The third-order valence-corrected chi connectivity index (χ3v) is 2.90. The van der Waals surface area contributed by atoms with Crippen LogP contribution in [0.2, 0.25) is 0 Å². The lowest BCUT2D eigenvalue weighted by Gasteiger charge is -2.12. The number of alkyl halides is 2. The summed E-state index contributed by atoms with van der Waals surface area (Å²) < 4.78 is 33.4. The molecule has 132 valence electrons. The molecule has 0 saturated carbocycles. The summed E-state index contributed by atoms with van der Waals surface area (Å²) in [6.45, 7) is -0.237. The van der Waals surface area contributed by atoms with Gasteiger partial charge in [0, 0.05) is 6.04 Å². The van der Waals surface area contributed by atoms with Crippen molar-refractivity contribution in [2.75, 3.05) is 6.61 Å². The van der Waals surface area contributed by atoms with Crippen LogP contribution >= 0.6 is 0 Å². The monoisotopic (exact) mass is 344 g/mol. The van der Waals surface area contributed by atoms with Crippen molar-refractivity contribution in [2.45, 2.75) is 32.9 Å². The van der Waals surface area contributed by atoms with Crippen molar-refractivity contribution in [1.82, 2.24) is 10.6 Å². The highest BCUT2D eigenvalue weighted by molar-refractivity contribution is 5.97. The molecule has 0 aliphatic carbocycles. The van der Waals surface area contributed by atoms with E-state index in [4.69, 9.17) is 0 Å². The minimum atomic E-state index is -3.11. The standard InChI is InChI=1S/C15H18F2N2O5/c1-3-9(2)18-15(22)19-12(20)8-23-13(21)10-6-4-5-7-11(10)24-14(16)17/h4-7,9,14H,3,8H2,1-2H3,(H2,18,19,20,22)/t9-/m0/s1. The molecule has 7 nitrogen and oxygen atoms in total. The molecule has 0 radical (unpaired) electrons. The Balaban J connectivity index is 2.54. The number of amides is 3. The lowest BCUT2D eigenvalue weighted by molar-refractivity contribution is -0.123. The Kier molecular flexibility index (Phi) is 7.60. The number of hydrogen-bond donors (Lipinski definition) is 2. The van der Waals surface area contributed by atoms with Gasteiger partial charge in [0.05, 0.1) is 0 Å². The van der Waals surface area contributed by atoms with Gasteiger partial charge < -0.3 is 14.8 Å². The summed E-state index contributed by atoms with van der Waals surface area (Å²) in [5.74, 6) is -2.24. The number of halogens is 2. The molecule has 1 aromatic rings. The highest BCUT2D eigenvalue weighted by atomic mass is 19.3. The fraction of sp³-hybridized carbons (Fsp3) is 0.400. The number of imide groups is 1. The van der Waals surface area contributed by atoms with Crippen molar-refractivity contribution in [2.24, 2.45) is 0 Å². The Morgan fingerprint density at radius 1 is 1.21 bits per heavy atom. The van der Waals surface area contributed by atoms with Crippen LogP contribution in [0.15, 0.2) is 24.3 Å². The molecule has 2 N–H and O–H groups in total. The zero-order valence-electron chi connectivity index (χ0n) is 13.2. The van der Waals surface area contributed by atoms with E-state index in [1.807, 2.05) is 12.2 Å². The summed E-state index contributed by atoms with van der Waals surface area (Å²) in [4.78, 5) is 34.8. The molecule has 1 atom stereocenters. The van der Waals surface area contributed by atoms with Gasteiger partial charge in [0.2, 0.25) is 0 Å². The molecule has 0 aromatic heterocycles. The Bertz CT molecular complexity index is 595. The second-order valence-corrected chi connectivity index (χ2v) is 4.78. The molecular weight excluding hydrogens is 326 g/mol. The van der Waals surface area contributed by atoms with E-state index in [1.54, 1.807) is 6.92 Å². The van der Waals surface area contributed by atoms with E-state index < -0.39 is 31.1 Å². The van der Waals surface area contributed by atoms with E-state index >= 15 is 0 Å². The Hall–Kier alpha value is -2.71. The van der Waals surface area contributed by atoms with Crippen LogP contribution in [-0.2, 0) is 9.53 Å². The number of benzene rings is 1. The molecule has 0 bridgehead atoms. The SMILES string of the molecule is CC[C@H](C)NC(=O)NC(=O)COC(=O)c1ccccc1OC(F)F. The number of urea groups is 1. The minimum absolute atomic E-state index is 0.126. The number of rotatable bonds is 7. The lowest BCUT2D eigenvalue weighted by Crippen LogP contribution is -2.44. The van der Waals surface area contributed by atoms with E-state index in [1.165, 1.54) is 24.3 Å². The van der Waals surface area contributed by atoms with Crippen LogP contribution in [0.1, 0.15) is 30.6 Å². The van der Waals surface area contributed by atoms with Crippen molar-refractivity contribution >= 4 is 17.9 Å². The quantitative estimate of drug-likeness (QED) is 0.739. The van der Waals surface area contributed by atoms with Gasteiger partial charge in [-0.25, -0.2) is 9.59 Å². The van der Waals surface area contributed by atoms with E-state index in [9.17, 15) is 23.2 Å². The van der Waals surface area contributed by atoms with E-state index in [0.717, 1.165) is 0 Å². The predicted molar refractivity (Wildman–Crippen MR) is 79.8 cm³/mol. The zero-order valence-corrected chi connectivity index (χ0v) is 13.2. The molecule has 24 heavy (non-hydrogen) atoms. The molecule has 9 heteroatoms. The number of nitrogens with one attached hydrogen (secondary N) is 2. The first kappa shape index (κ1) is 19.3. The topological polar surface area (TPSA) is 93.7 Å². The average molecular weight is 344 g/mol. The van der Waals surface area contributed by atoms with Crippen molar-refractivity contribution in [1.29, 1.82) is 0 Å². The number of hydrogen-bond acceptors (Lipinski definition) is 5. The Morgan fingerprint density at radius 2 is 1.88 bits per heavy atom. The van der Waals surface area contributed by atoms with Crippen LogP contribution in [0.3, 0.4) is 0 Å². The van der Waals surface area contributed by atoms with Gasteiger partial charge in [-0.1, -0.05) is 19.1 Å². The summed E-state index contributed by atoms with van der Waals surface area (Å²) >= 11 is 0. The van der Waals surface area contributed by atoms with Gasteiger partial charge in [0.25, 0.3) is 5.91 Å².